The Hall–Kier alpha value is 0.240. The maximum Gasteiger partial charge on any atom is 0.138 e. The average Bonchev–Trinajstić information content (AvgIpc) is 1.68. The van der Waals surface area contributed by atoms with E-state index in [1.807, 2.05) is 6.26 Å². The third-order valence-electron chi connectivity index (χ3n) is 0.361. The van der Waals surface area contributed by atoms with E-state index in [1.165, 1.54) is 6.20 Å². The quantitative estimate of drug-likeness (QED) is 0.445. The Balaban J connectivity index is 3.49. The van der Waals surface area contributed by atoms with E-state index in [2.05, 4.69) is 27.5 Å². The summed E-state index contributed by atoms with van der Waals surface area (Å²) in [6, 6.07) is 0. The summed E-state index contributed by atoms with van der Waals surface area (Å²) in [7, 11) is 0. The van der Waals surface area contributed by atoms with Gasteiger partial charge in [-0.05, 0) is 22.2 Å². The van der Waals surface area contributed by atoms with Crippen molar-refractivity contribution in [1.82, 2.24) is 0 Å². The Kier molecular flexibility index (Phi) is 4.55. The zero-order chi connectivity index (χ0) is 5.70. The molecular weight excluding hydrogens is 174 g/mol. The van der Waals surface area contributed by atoms with E-state index in [0.717, 1.165) is 3.95 Å². The predicted molar refractivity (Wildman–Crippen MR) is 40.1 cm³/mol. The van der Waals surface area contributed by atoms with Crippen LogP contribution in [0.3, 0.4) is 0 Å². The molecule has 40 valence electrons. The first-order chi connectivity index (χ1) is 3.31. The molecule has 7 heavy (non-hydrogen) atoms. The smallest absolute Gasteiger partial charge is 0.138 e. The summed E-state index contributed by atoms with van der Waals surface area (Å²) in [6.45, 7) is 3.42. The Bertz CT molecular complexity index is 89.7. The first kappa shape index (κ1) is 7.24. The Labute approximate surface area is 56.0 Å². The fourth-order valence-electron chi connectivity index (χ4n) is 0.124. The first-order valence-electron chi connectivity index (χ1n) is 1.69. The van der Waals surface area contributed by atoms with Gasteiger partial charge in [0, 0.05) is 6.20 Å². The van der Waals surface area contributed by atoms with Crippen LogP contribution in [-0.4, -0.2) is 10.2 Å². The zero-order valence-electron chi connectivity index (χ0n) is 4.02. The summed E-state index contributed by atoms with van der Waals surface area (Å²) < 4.78 is 0.863. The Morgan fingerprint density at radius 3 is 2.71 bits per heavy atom. The lowest BCUT2D eigenvalue weighted by Crippen LogP contribution is -1.68. The van der Waals surface area contributed by atoms with Crippen molar-refractivity contribution in [3.63, 3.8) is 0 Å². The molecule has 0 unspecified atom stereocenters. The molecule has 0 N–H and O–H groups in total. The van der Waals surface area contributed by atoms with Gasteiger partial charge in [0.2, 0.25) is 0 Å². The molecule has 0 saturated heterocycles. The van der Waals surface area contributed by atoms with Crippen molar-refractivity contribution < 1.29 is 0 Å². The number of nitrogens with zero attached hydrogens (tertiary/aromatic N) is 1. The van der Waals surface area contributed by atoms with Gasteiger partial charge in [-0.3, -0.25) is 0 Å². The van der Waals surface area contributed by atoms with Gasteiger partial charge in [0.15, 0.2) is 0 Å². The summed E-state index contributed by atoms with van der Waals surface area (Å²) in [5, 5.41) is 0. The number of hydrogen-bond acceptors (Lipinski definition) is 2. The van der Waals surface area contributed by atoms with Gasteiger partial charge in [0.25, 0.3) is 0 Å². The number of rotatable bonds is 1. The molecule has 0 bridgehead atoms. The van der Waals surface area contributed by atoms with Crippen LogP contribution in [0.2, 0.25) is 0 Å². The van der Waals surface area contributed by atoms with Gasteiger partial charge in [-0.15, -0.1) is 11.8 Å². The van der Waals surface area contributed by atoms with Crippen LogP contribution in [0, 0.1) is 0 Å². The Morgan fingerprint density at radius 2 is 2.57 bits per heavy atom. The average molecular weight is 180 g/mol. The molecule has 0 heterocycles. The Morgan fingerprint density at radius 1 is 2.00 bits per heavy atom. The maximum absolute atomic E-state index is 3.80. The molecule has 0 spiro atoms. The highest BCUT2D eigenvalue weighted by Crippen LogP contribution is 2.04. The lowest BCUT2D eigenvalue weighted by molar-refractivity contribution is 1.64. The number of aliphatic imine (C=N–C) groups is 1. The molecule has 0 aromatic heterocycles. The van der Waals surface area contributed by atoms with Gasteiger partial charge in [-0.2, -0.15) is 0 Å². The van der Waals surface area contributed by atoms with Gasteiger partial charge in [-0.1, -0.05) is 6.58 Å². The van der Waals surface area contributed by atoms with Crippen LogP contribution in [-0.2, 0) is 0 Å². The first-order valence-corrected chi connectivity index (χ1v) is 3.71. The summed E-state index contributed by atoms with van der Waals surface area (Å²) >= 11 is 4.72. The number of halogens is 1. The normalized spacial score (nSPS) is 11.4. The SMILES string of the molecule is C=CN=C(Br)SC. The maximum atomic E-state index is 3.80. The minimum absolute atomic E-state index is 0.863. The van der Waals surface area contributed by atoms with Crippen LogP contribution in [0.4, 0.5) is 0 Å². The van der Waals surface area contributed by atoms with Crippen molar-refractivity contribution in [2.24, 2.45) is 4.99 Å². The minimum Gasteiger partial charge on any atom is -0.243 e. The van der Waals surface area contributed by atoms with Crippen molar-refractivity contribution in [2.45, 2.75) is 0 Å². The molecule has 0 amide bonds. The largest absolute Gasteiger partial charge is 0.243 e. The lowest BCUT2D eigenvalue weighted by Gasteiger charge is -1.82. The summed E-state index contributed by atoms with van der Waals surface area (Å²) in [4.78, 5) is 3.80. The second-order valence-corrected chi connectivity index (χ2v) is 2.84. The lowest BCUT2D eigenvalue weighted by atomic mass is 11.1. The topological polar surface area (TPSA) is 12.4 Å². The highest BCUT2D eigenvalue weighted by atomic mass is 79.9. The predicted octanol–water partition coefficient (Wildman–Crippen LogP) is 2.24. The molecule has 0 fully saturated rings. The number of hydrogen-bond donors (Lipinski definition) is 0. The molecule has 0 aromatic carbocycles. The molecule has 0 aliphatic carbocycles. The highest BCUT2D eigenvalue weighted by Gasteiger charge is 1.80. The van der Waals surface area contributed by atoms with Gasteiger partial charge < -0.3 is 0 Å². The van der Waals surface area contributed by atoms with E-state index in [0.29, 0.717) is 0 Å². The minimum atomic E-state index is 0.863. The van der Waals surface area contributed by atoms with Crippen LogP contribution in [0.25, 0.3) is 0 Å². The van der Waals surface area contributed by atoms with Gasteiger partial charge in [-0.25, -0.2) is 4.99 Å². The molecule has 1 nitrogen and oxygen atoms in total. The summed E-state index contributed by atoms with van der Waals surface area (Å²) in [6.07, 6.45) is 3.44. The van der Waals surface area contributed by atoms with Crippen molar-refractivity contribution in [3.8, 4) is 0 Å². The van der Waals surface area contributed by atoms with Crippen molar-refractivity contribution in [2.75, 3.05) is 6.26 Å². The monoisotopic (exact) mass is 179 g/mol. The second kappa shape index (κ2) is 4.40. The van der Waals surface area contributed by atoms with Gasteiger partial charge in [0.05, 0.1) is 0 Å². The molecule has 0 aliphatic heterocycles. The molecule has 3 heteroatoms. The zero-order valence-corrected chi connectivity index (χ0v) is 6.42. The van der Waals surface area contributed by atoms with Crippen molar-refractivity contribution >= 4 is 31.6 Å². The van der Waals surface area contributed by atoms with Crippen molar-refractivity contribution in [3.05, 3.63) is 12.8 Å². The van der Waals surface area contributed by atoms with Gasteiger partial charge >= 0.3 is 0 Å². The fourth-order valence-corrected chi connectivity index (χ4v) is 0.449. The molecule has 0 atom stereocenters. The van der Waals surface area contributed by atoms with E-state index in [1.54, 1.807) is 11.8 Å². The van der Waals surface area contributed by atoms with Gasteiger partial charge in [0.1, 0.15) is 3.95 Å². The molecule has 0 aromatic rings. The van der Waals surface area contributed by atoms with E-state index < -0.39 is 0 Å². The molecule has 0 rings (SSSR count). The van der Waals surface area contributed by atoms with E-state index in [-0.39, 0.29) is 0 Å². The van der Waals surface area contributed by atoms with Crippen molar-refractivity contribution in [1.29, 1.82) is 0 Å². The van der Waals surface area contributed by atoms with E-state index in [9.17, 15) is 0 Å². The summed E-state index contributed by atoms with van der Waals surface area (Å²) in [5.74, 6) is 0. The van der Waals surface area contributed by atoms with E-state index >= 15 is 0 Å². The van der Waals surface area contributed by atoms with Crippen LogP contribution < -0.4 is 0 Å². The third kappa shape index (κ3) is 4.09. The molecular formula is C4H6BrNS. The van der Waals surface area contributed by atoms with Crippen LogP contribution in [0.15, 0.2) is 17.8 Å². The van der Waals surface area contributed by atoms with Crippen LogP contribution in [0.1, 0.15) is 0 Å². The molecule has 0 aliphatic rings. The number of thioether (sulfide) groups is 1. The molecule has 0 saturated carbocycles. The highest BCUT2D eigenvalue weighted by molar-refractivity contribution is 9.22. The molecule has 0 radical (unpaired) electrons. The summed E-state index contributed by atoms with van der Waals surface area (Å²) in [5.41, 5.74) is 0. The third-order valence-corrected chi connectivity index (χ3v) is 1.98. The van der Waals surface area contributed by atoms with Crippen LogP contribution >= 0.6 is 27.7 Å². The van der Waals surface area contributed by atoms with E-state index in [4.69, 9.17) is 0 Å². The second-order valence-electron chi connectivity index (χ2n) is 0.769. The standard InChI is InChI=1S/C4H6BrNS/c1-3-6-4(5)7-2/h3H,1H2,2H3. The fraction of sp³-hybridized carbons (Fsp3) is 0.250. The van der Waals surface area contributed by atoms with Crippen LogP contribution in [0.5, 0.6) is 0 Å².